The summed E-state index contributed by atoms with van der Waals surface area (Å²) in [5.74, 6) is 0.398. The zero-order valence-electron chi connectivity index (χ0n) is 11.0. The van der Waals surface area contributed by atoms with E-state index in [2.05, 4.69) is 0 Å². The first-order chi connectivity index (χ1) is 8.96. The van der Waals surface area contributed by atoms with Gasteiger partial charge in [-0.1, -0.05) is 6.92 Å². The van der Waals surface area contributed by atoms with Gasteiger partial charge >= 0.3 is 15.2 Å². The molecule has 0 spiro atoms. The Morgan fingerprint density at radius 3 is 1.95 bits per heavy atom. The van der Waals surface area contributed by atoms with Gasteiger partial charge in [-0.3, -0.25) is 18.8 Å². The third kappa shape index (κ3) is 9.90. The molecule has 0 aliphatic rings. The minimum Gasteiger partial charge on any atom is -0.368 e. The van der Waals surface area contributed by atoms with E-state index >= 15 is 0 Å². The van der Waals surface area contributed by atoms with Crippen molar-refractivity contribution in [3.8, 4) is 0 Å². The molecule has 120 valence electrons. The molecule has 0 heterocycles. The minimum absolute atomic E-state index is 0.161. The van der Waals surface area contributed by atoms with Gasteiger partial charge in [0, 0.05) is 0 Å². The van der Waals surface area contributed by atoms with E-state index in [1.165, 1.54) is 11.8 Å². The fourth-order valence-electron chi connectivity index (χ4n) is 1.56. The molecule has 0 saturated heterocycles. The van der Waals surface area contributed by atoms with Crippen LogP contribution in [0, 0.1) is 0 Å². The number of hydrogen-bond donors (Lipinski definition) is 5. The lowest BCUT2D eigenvalue weighted by atomic mass is 10.2. The summed E-state index contributed by atoms with van der Waals surface area (Å²) >= 11 is 1.48. The van der Waals surface area contributed by atoms with Gasteiger partial charge in [0.2, 0.25) is 5.91 Å². The number of hydrogen-bond acceptors (Lipinski definition) is 5. The van der Waals surface area contributed by atoms with Gasteiger partial charge in [0.25, 0.3) is 0 Å². The lowest BCUT2D eigenvalue weighted by Crippen LogP contribution is -2.46. The fourth-order valence-corrected chi connectivity index (χ4v) is 3.94. The number of rotatable bonds is 10. The second-order valence-corrected chi connectivity index (χ2v) is 8.72. The molecule has 0 unspecified atom stereocenters. The van der Waals surface area contributed by atoms with E-state index in [4.69, 9.17) is 25.3 Å². The Labute approximate surface area is 121 Å². The van der Waals surface area contributed by atoms with Crippen molar-refractivity contribution in [2.75, 3.05) is 24.1 Å². The summed E-state index contributed by atoms with van der Waals surface area (Å²) in [7, 11) is -9.15. The monoisotopic (exact) mass is 350 g/mol. The van der Waals surface area contributed by atoms with Gasteiger partial charge in [0.1, 0.15) is 12.6 Å². The van der Waals surface area contributed by atoms with E-state index in [0.29, 0.717) is 5.75 Å². The van der Waals surface area contributed by atoms with E-state index in [0.717, 1.165) is 10.7 Å². The van der Waals surface area contributed by atoms with Crippen LogP contribution in [0.4, 0.5) is 0 Å². The average Bonchev–Trinajstić information content (AvgIpc) is 2.18. The van der Waals surface area contributed by atoms with Gasteiger partial charge in [0.15, 0.2) is 0 Å². The van der Waals surface area contributed by atoms with Gasteiger partial charge in [-0.05, 0) is 17.9 Å². The predicted molar refractivity (Wildman–Crippen MR) is 76.3 cm³/mol. The van der Waals surface area contributed by atoms with E-state index in [-0.39, 0.29) is 6.42 Å². The topological polar surface area (TPSA) is 161 Å². The summed E-state index contributed by atoms with van der Waals surface area (Å²) in [4.78, 5) is 47.9. The largest absolute Gasteiger partial charge is 0.368 e. The molecule has 0 aliphatic heterocycles. The maximum atomic E-state index is 11.4. The van der Waals surface area contributed by atoms with Crippen LogP contribution in [0.25, 0.3) is 0 Å². The van der Waals surface area contributed by atoms with Crippen LogP contribution >= 0.6 is 27.0 Å². The molecule has 0 rings (SSSR count). The number of nitrogens with zero attached hydrogens (tertiary/aromatic N) is 1. The Hall–Kier alpha value is 0.0800. The molecule has 9 nitrogen and oxygen atoms in total. The summed E-state index contributed by atoms with van der Waals surface area (Å²) in [6, 6.07) is -1.13. The molecule has 0 aromatic carbocycles. The Bertz CT molecular complexity index is 386. The number of thioether (sulfide) groups is 1. The van der Waals surface area contributed by atoms with Crippen LogP contribution in [0.15, 0.2) is 0 Å². The fraction of sp³-hybridized carbons (Fsp3) is 0.875. The summed E-state index contributed by atoms with van der Waals surface area (Å²) in [5.41, 5.74) is 5.16. The van der Waals surface area contributed by atoms with Crippen molar-refractivity contribution < 1.29 is 33.5 Å². The highest BCUT2D eigenvalue weighted by Gasteiger charge is 2.33. The van der Waals surface area contributed by atoms with Crippen molar-refractivity contribution in [2.24, 2.45) is 5.73 Å². The Morgan fingerprint density at radius 2 is 1.65 bits per heavy atom. The highest BCUT2D eigenvalue weighted by atomic mass is 32.2. The molecule has 0 fully saturated rings. The third-order valence-electron chi connectivity index (χ3n) is 2.24. The molecule has 6 N–H and O–H groups in total. The maximum Gasteiger partial charge on any atom is 0.339 e. The Morgan fingerprint density at radius 1 is 1.20 bits per heavy atom. The van der Waals surface area contributed by atoms with Crippen LogP contribution in [-0.4, -0.2) is 60.5 Å². The smallest absolute Gasteiger partial charge is 0.339 e. The summed E-state index contributed by atoms with van der Waals surface area (Å²) in [5, 5.41) is 0. The first-order valence-electron chi connectivity index (χ1n) is 5.66. The number of carbonyl (C=O) groups excluding carboxylic acids is 1. The second-order valence-electron chi connectivity index (χ2n) is 4.10. The maximum absolute atomic E-state index is 11.4. The predicted octanol–water partition coefficient (Wildman–Crippen LogP) is -0.444. The number of nitrogens with two attached hydrogens (primary N) is 1. The molecule has 0 aromatic heterocycles. The normalized spacial score (nSPS) is 14.5. The van der Waals surface area contributed by atoms with Crippen molar-refractivity contribution in [3.05, 3.63) is 0 Å². The molecule has 0 aromatic rings. The van der Waals surface area contributed by atoms with E-state index in [1.807, 2.05) is 6.92 Å². The number of primary amides is 1. The van der Waals surface area contributed by atoms with Gasteiger partial charge in [-0.15, -0.1) is 0 Å². The highest BCUT2D eigenvalue weighted by Crippen LogP contribution is 2.42. The van der Waals surface area contributed by atoms with Crippen LogP contribution in [0.1, 0.15) is 13.3 Å². The van der Waals surface area contributed by atoms with Crippen LogP contribution < -0.4 is 5.73 Å². The molecule has 0 saturated carbocycles. The van der Waals surface area contributed by atoms with E-state index in [9.17, 15) is 13.9 Å². The molecule has 0 radical (unpaired) electrons. The van der Waals surface area contributed by atoms with Gasteiger partial charge in [0.05, 0.1) is 6.04 Å². The third-order valence-corrected chi connectivity index (χ3v) is 4.64. The molecule has 1 atom stereocenters. The second kappa shape index (κ2) is 8.51. The molecule has 1 amide bonds. The minimum atomic E-state index is -4.57. The van der Waals surface area contributed by atoms with Crippen LogP contribution in [0.5, 0.6) is 0 Å². The highest BCUT2D eigenvalue weighted by molar-refractivity contribution is 7.99. The molecule has 20 heavy (non-hydrogen) atoms. The van der Waals surface area contributed by atoms with Gasteiger partial charge in [-0.2, -0.15) is 11.8 Å². The van der Waals surface area contributed by atoms with Crippen molar-refractivity contribution in [1.82, 2.24) is 4.90 Å². The van der Waals surface area contributed by atoms with Crippen molar-refractivity contribution in [2.45, 2.75) is 19.4 Å². The number of amides is 1. The lowest BCUT2D eigenvalue weighted by Gasteiger charge is -2.29. The van der Waals surface area contributed by atoms with Gasteiger partial charge < -0.3 is 25.3 Å². The summed E-state index contributed by atoms with van der Waals surface area (Å²) in [6.45, 7) is 1.90. The van der Waals surface area contributed by atoms with Crippen LogP contribution in [0.2, 0.25) is 0 Å². The van der Waals surface area contributed by atoms with Crippen molar-refractivity contribution in [1.29, 1.82) is 0 Å². The van der Waals surface area contributed by atoms with Gasteiger partial charge in [-0.25, -0.2) is 0 Å². The van der Waals surface area contributed by atoms with Crippen molar-refractivity contribution in [3.63, 3.8) is 0 Å². The average molecular weight is 350 g/mol. The summed E-state index contributed by atoms with van der Waals surface area (Å²) < 4.78 is 22.1. The zero-order chi connectivity index (χ0) is 16.0. The van der Waals surface area contributed by atoms with Crippen LogP contribution in [0.3, 0.4) is 0 Å². The quantitative estimate of drug-likeness (QED) is 0.260. The molecule has 12 heteroatoms. The molecular formula is C8H20N2O7P2S. The SMILES string of the molecule is CCSCC[C@@H](C(N)=O)N(CP(=O)(O)O)CP(=O)(O)O. The Kier molecular flexibility index (Phi) is 8.54. The number of carbonyl (C=O) groups is 1. The molecular weight excluding hydrogens is 330 g/mol. The molecule has 0 bridgehead atoms. The molecule has 0 aliphatic carbocycles. The lowest BCUT2D eigenvalue weighted by molar-refractivity contribution is -0.122. The van der Waals surface area contributed by atoms with Crippen LogP contribution in [-0.2, 0) is 13.9 Å². The van der Waals surface area contributed by atoms with E-state index in [1.54, 1.807) is 0 Å². The first-order valence-corrected chi connectivity index (χ1v) is 10.4. The standard InChI is InChI=1S/C8H20N2O7P2S/c1-2-20-4-3-7(8(9)11)10(5-18(12,13)14)6-19(15,16)17/h7H,2-6H2,1H3,(H2,9,11)(H2,12,13,14)(H2,15,16,17)/t7-/m0/s1. The van der Waals surface area contributed by atoms with Crippen molar-refractivity contribution >= 4 is 32.9 Å². The zero-order valence-corrected chi connectivity index (χ0v) is 13.6. The first kappa shape index (κ1) is 20.1. The Balaban J connectivity index is 5.04. The van der Waals surface area contributed by atoms with E-state index < -0.39 is 39.7 Å². The summed E-state index contributed by atoms with van der Waals surface area (Å²) in [6.07, 6.45) is -1.70.